The number of anilines is 1. The van der Waals surface area contributed by atoms with E-state index in [1.807, 2.05) is 24.3 Å². The molecule has 3 rings (SSSR count). The summed E-state index contributed by atoms with van der Waals surface area (Å²) in [4.78, 5) is 7.71. The molecule has 0 bridgehead atoms. The van der Waals surface area contributed by atoms with Crippen molar-refractivity contribution in [2.24, 2.45) is 0 Å². The molecule has 4 N–H and O–H groups in total. The van der Waals surface area contributed by atoms with E-state index in [2.05, 4.69) is 16.0 Å². The second-order valence-corrected chi connectivity index (χ2v) is 4.63. The molecule has 0 fully saturated rings. The Hall–Kier alpha value is -2.49. The Labute approximate surface area is 110 Å². The van der Waals surface area contributed by atoms with Crippen molar-refractivity contribution >= 4 is 16.7 Å². The quantitative estimate of drug-likeness (QED) is 0.628. The molecule has 0 saturated carbocycles. The average Bonchev–Trinajstić information content (AvgIpc) is 2.78. The van der Waals surface area contributed by atoms with Crippen molar-refractivity contribution in [3.8, 4) is 5.75 Å². The van der Waals surface area contributed by atoms with Gasteiger partial charge in [-0.3, -0.25) is 0 Å². The predicted molar refractivity (Wildman–Crippen MR) is 76.0 cm³/mol. The third kappa shape index (κ3) is 2.52. The summed E-state index contributed by atoms with van der Waals surface area (Å²) in [5.41, 5.74) is 9.47. The molecule has 0 aliphatic rings. The fraction of sp³-hybridized carbons (Fsp3) is 0.133. The molecule has 96 valence electrons. The summed E-state index contributed by atoms with van der Waals surface area (Å²) in [5, 5.41) is 9.42. The Balaban J connectivity index is 1.78. The number of nitrogens with two attached hydrogens (primary N) is 1. The summed E-state index contributed by atoms with van der Waals surface area (Å²) in [5.74, 6) is 1.17. The van der Waals surface area contributed by atoms with Crippen LogP contribution in [0.1, 0.15) is 11.4 Å². The number of aryl methyl sites for hydroxylation is 2. The van der Waals surface area contributed by atoms with Crippen molar-refractivity contribution in [3.63, 3.8) is 0 Å². The van der Waals surface area contributed by atoms with Gasteiger partial charge in [0.15, 0.2) is 0 Å². The zero-order valence-electron chi connectivity index (χ0n) is 10.4. The molecule has 4 heteroatoms. The first-order valence-corrected chi connectivity index (χ1v) is 6.23. The van der Waals surface area contributed by atoms with Crippen LogP contribution in [0.4, 0.5) is 5.69 Å². The number of H-pyrrole nitrogens is 1. The predicted octanol–water partition coefficient (Wildman–Crippen LogP) is 2.64. The summed E-state index contributed by atoms with van der Waals surface area (Å²) < 4.78 is 0. The maximum atomic E-state index is 9.42. The first-order valence-electron chi connectivity index (χ1n) is 6.23. The number of hydrogen-bond acceptors (Lipinski definition) is 3. The number of phenolic OH excluding ortho intramolecular Hbond substituents is 1. The van der Waals surface area contributed by atoms with Gasteiger partial charge in [0, 0.05) is 18.2 Å². The van der Waals surface area contributed by atoms with Gasteiger partial charge in [0.2, 0.25) is 0 Å². The zero-order chi connectivity index (χ0) is 13.2. The molecule has 4 nitrogen and oxygen atoms in total. The van der Waals surface area contributed by atoms with Gasteiger partial charge in [-0.25, -0.2) is 4.98 Å². The van der Waals surface area contributed by atoms with E-state index in [-0.39, 0.29) is 5.75 Å². The molecule has 0 unspecified atom stereocenters. The van der Waals surface area contributed by atoms with Crippen molar-refractivity contribution in [1.29, 1.82) is 0 Å². The molecule has 0 spiro atoms. The highest BCUT2D eigenvalue weighted by atomic mass is 16.3. The van der Waals surface area contributed by atoms with E-state index in [4.69, 9.17) is 5.73 Å². The second kappa shape index (κ2) is 4.65. The number of phenols is 1. The van der Waals surface area contributed by atoms with Crippen molar-refractivity contribution < 1.29 is 5.11 Å². The van der Waals surface area contributed by atoms with Gasteiger partial charge < -0.3 is 15.8 Å². The number of aromatic amines is 1. The van der Waals surface area contributed by atoms with Crippen LogP contribution in [0.15, 0.2) is 42.5 Å². The molecule has 1 aromatic heterocycles. The number of rotatable bonds is 3. The maximum Gasteiger partial charge on any atom is 0.117 e. The summed E-state index contributed by atoms with van der Waals surface area (Å²) in [6.07, 6.45) is 1.70. The number of imidazole rings is 1. The van der Waals surface area contributed by atoms with E-state index in [1.165, 1.54) is 5.56 Å². The lowest BCUT2D eigenvalue weighted by Gasteiger charge is -2.00. The van der Waals surface area contributed by atoms with Crippen LogP contribution in [0.25, 0.3) is 11.0 Å². The van der Waals surface area contributed by atoms with E-state index >= 15 is 0 Å². The topological polar surface area (TPSA) is 74.9 Å². The molecule has 3 aromatic rings. The van der Waals surface area contributed by atoms with Gasteiger partial charge in [-0.15, -0.1) is 0 Å². The minimum atomic E-state index is 0.249. The molecule has 0 saturated heterocycles. The van der Waals surface area contributed by atoms with E-state index in [9.17, 15) is 5.11 Å². The van der Waals surface area contributed by atoms with Gasteiger partial charge in [-0.2, -0.15) is 0 Å². The lowest BCUT2D eigenvalue weighted by atomic mass is 10.1. The first-order chi connectivity index (χ1) is 9.20. The van der Waals surface area contributed by atoms with Crippen LogP contribution in [-0.2, 0) is 12.8 Å². The fourth-order valence-electron chi connectivity index (χ4n) is 2.18. The standard InChI is InChI=1S/C15H15N3O/c16-11-3-1-2-10(8-11)4-7-15-17-13-6-5-12(19)9-14(13)18-15/h1-3,5-6,8-9,19H,4,7,16H2,(H,17,18). The third-order valence-corrected chi connectivity index (χ3v) is 3.12. The van der Waals surface area contributed by atoms with Gasteiger partial charge in [0.05, 0.1) is 11.0 Å². The Morgan fingerprint density at radius 3 is 2.84 bits per heavy atom. The number of nitrogens with one attached hydrogen (secondary N) is 1. The largest absolute Gasteiger partial charge is 0.508 e. The van der Waals surface area contributed by atoms with Crippen molar-refractivity contribution in [2.75, 3.05) is 5.73 Å². The lowest BCUT2D eigenvalue weighted by molar-refractivity contribution is 0.476. The molecule has 0 aliphatic heterocycles. The Morgan fingerprint density at radius 2 is 2.00 bits per heavy atom. The molecule has 0 atom stereocenters. The highest BCUT2D eigenvalue weighted by Gasteiger charge is 2.04. The van der Waals surface area contributed by atoms with Crippen LogP contribution in [0, 0.1) is 0 Å². The van der Waals surface area contributed by atoms with Gasteiger partial charge in [-0.05, 0) is 36.2 Å². The normalized spacial score (nSPS) is 10.9. The number of aromatic hydroxyl groups is 1. The number of nitrogen functional groups attached to an aromatic ring is 1. The number of hydrogen-bond donors (Lipinski definition) is 3. The summed E-state index contributed by atoms with van der Waals surface area (Å²) in [6.45, 7) is 0. The van der Waals surface area contributed by atoms with Gasteiger partial charge in [-0.1, -0.05) is 12.1 Å². The Morgan fingerprint density at radius 1 is 1.11 bits per heavy atom. The first kappa shape index (κ1) is 11.6. The summed E-state index contributed by atoms with van der Waals surface area (Å²) in [7, 11) is 0. The average molecular weight is 253 g/mol. The van der Waals surface area contributed by atoms with Crippen LogP contribution >= 0.6 is 0 Å². The minimum absolute atomic E-state index is 0.249. The van der Waals surface area contributed by atoms with E-state index in [1.54, 1.807) is 12.1 Å². The second-order valence-electron chi connectivity index (χ2n) is 4.63. The van der Waals surface area contributed by atoms with Crippen LogP contribution in [0.5, 0.6) is 5.75 Å². The van der Waals surface area contributed by atoms with E-state index in [0.29, 0.717) is 0 Å². The van der Waals surface area contributed by atoms with Gasteiger partial charge in [0.1, 0.15) is 11.6 Å². The van der Waals surface area contributed by atoms with Gasteiger partial charge in [0.25, 0.3) is 0 Å². The number of benzene rings is 2. The highest BCUT2D eigenvalue weighted by molar-refractivity contribution is 5.76. The van der Waals surface area contributed by atoms with Crippen molar-refractivity contribution in [3.05, 3.63) is 53.9 Å². The molecule has 0 amide bonds. The smallest absolute Gasteiger partial charge is 0.117 e. The lowest BCUT2D eigenvalue weighted by Crippen LogP contribution is -1.94. The maximum absolute atomic E-state index is 9.42. The van der Waals surface area contributed by atoms with Crippen molar-refractivity contribution in [1.82, 2.24) is 9.97 Å². The SMILES string of the molecule is Nc1cccc(CCc2nc3ccc(O)cc3[nH]2)c1. The van der Waals surface area contributed by atoms with Gasteiger partial charge >= 0.3 is 0 Å². The molecule has 1 heterocycles. The van der Waals surface area contributed by atoms with Crippen LogP contribution in [-0.4, -0.2) is 15.1 Å². The Bertz CT molecular complexity index is 718. The molecule has 19 heavy (non-hydrogen) atoms. The molecule has 2 aromatic carbocycles. The number of aromatic nitrogens is 2. The zero-order valence-corrected chi connectivity index (χ0v) is 10.4. The molecule has 0 radical (unpaired) electrons. The molecule has 0 aliphatic carbocycles. The third-order valence-electron chi connectivity index (χ3n) is 3.12. The molecular weight excluding hydrogens is 238 g/mol. The Kier molecular flexibility index (Phi) is 2.83. The number of nitrogens with zero attached hydrogens (tertiary/aromatic N) is 1. The van der Waals surface area contributed by atoms with Crippen LogP contribution < -0.4 is 5.73 Å². The minimum Gasteiger partial charge on any atom is -0.508 e. The monoisotopic (exact) mass is 253 g/mol. The molecular formula is C15H15N3O. The highest BCUT2D eigenvalue weighted by Crippen LogP contribution is 2.18. The van der Waals surface area contributed by atoms with Crippen molar-refractivity contribution in [2.45, 2.75) is 12.8 Å². The summed E-state index contributed by atoms with van der Waals surface area (Å²) >= 11 is 0. The van der Waals surface area contributed by atoms with Crippen LogP contribution in [0.2, 0.25) is 0 Å². The van der Waals surface area contributed by atoms with E-state index < -0.39 is 0 Å². The summed E-state index contributed by atoms with van der Waals surface area (Å²) in [6, 6.07) is 13.0. The van der Waals surface area contributed by atoms with E-state index in [0.717, 1.165) is 35.4 Å². The van der Waals surface area contributed by atoms with Crippen LogP contribution in [0.3, 0.4) is 0 Å². The fourth-order valence-corrected chi connectivity index (χ4v) is 2.18. The number of fused-ring (bicyclic) bond motifs is 1.